The Labute approximate surface area is 123 Å². The van der Waals surface area contributed by atoms with Crippen molar-refractivity contribution in [3.63, 3.8) is 0 Å². The summed E-state index contributed by atoms with van der Waals surface area (Å²) in [6.45, 7) is 0.537. The molecule has 112 valence electrons. The van der Waals surface area contributed by atoms with E-state index < -0.39 is 0 Å². The molecule has 1 aromatic rings. The zero-order valence-corrected chi connectivity index (χ0v) is 13.2. The normalized spacial score (nSPS) is 22.9. The van der Waals surface area contributed by atoms with Gasteiger partial charge in [-0.3, -0.25) is 9.36 Å². The van der Waals surface area contributed by atoms with Crippen molar-refractivity contribution in [2.45, 2.75) is 43.5 Å². The van der Waals surface area contributed by atoms with Crippen LogP contribution in [0.4, 0.5) is 0 Å². The lowest BCUT2D eigenvalue weighted by Crippen LogP contribution is -2.41. The van der Waals surface area contributed by atoms with Crippen LogP contribution in [0.15, 0.2) is 15.8 Å². The average molecular weight is 297 g/mol. The van der Waals surface area contributed by atoms with Gasteiger partial charge in [0.05, 0.1) is 0 Å². The molecule has 1 fully saturated rings. The third kappa shape index (κ3) is 3.35. The van der Waals surface area contributed by atoms with Gasteiger partial charge in [-0.2, -0.15) is 11.8 Å². The van der Waals surface area contributed by atoms with Gasteiger partial charge >= 0.3 is 5.69 Å². The summed E-state index contributed by atoms with van der Waals surface area (Å²) in [5, 5.41) is 4.25. The van der Waals surface area contributed by atoms with E-state index in [1.54, 1.807) is 13.2 Å². The maximum atomic E-state index is 12.0. The van der Waals surface area contributed by atoms with Crippen LogP contribution < -0.4 is 16.6 Å². The minimum atomic E-state index is -0.278. The van der Waals surface area contributed by atoms with Gasteiger partial charge in [-0.25, -0.2) is 4.79 Å². The lowest BCUT2D eigenvalue weighted by atomic mass is 9.95. The highest BCUT2D eigenvalue weighted by atomic mass is 32.2. The fourth-order valence-corrected chi connectivity index (χ4v) is 3.50. The number of rotatable bonds is 4. The van der Waals surface area contributed by atoms with Crippen LogP contribution in [-0.4, -0.2) is 26.7 Å². The Morgan fingerprint density at radius 3 is 2.50 bits per heavy atom. The van der Waals surface area contributed by atoms with Gasteiger partial charge in [0.2, 0.25) is 0 Å². The molecule has 1 aromatic heterocycles. The first-order valence-electron chi connectivity index (χ1n) is 7.04. The summed E-state index contributed by atoms with van der Waals surface area (Å²) in [4.78, 5) is 23.6. The van der Waals surface area contributed by atoms with E-state index in [9.17, 15) is 9.59 Å². The van der Waals surface area contributed by atoms with Crippen LogP contribution in [0.2, 0.25) is 0 Å². The second kappa shape index (κ2) is 6.63. The summed E-state index contributed by atoms with van der Waals surface area (Å²) < 4.78 is 2.63. The molecule has 0 atom stereocenters. The summed E-state index contributed by atoms with van der Waals surface area (Å²) in [5.74, 6) is 0. The molecule has 0 bridgehead atoms. The molecule has 1 saturated carbocycles. The van der Waals surface area contributed by atoms with Crippen molar-refractivity contribution in [3.8, 4) is 0 Å². The van der Waals surface area contributed by atoms with Crippen LogP contribution in [0.5, 0.6) is 0 Å². The van der Waals surface area contributed by atoms with Crippen molar-refractivity contribution in [1.82, 2.24) is 14.5 Å². The average Bonchev–Trinajstić information content (AvgIpc) is 2.48. The molecule has 0 aliphatic heterocycles. The van der Waals surface area contributed by atoms with Crippen LogP contribution in [-0.2, 0) is 20.6 Å². The van der Waals surface area contributed by atoms with Crippen LogP contribution in [0.3, 0.4) is 0 Å². The number of nitrogens with zero attached hydrogens (tertiary/aromatic N) is 2. The maximum Gasteiger partial charge on any atom is 0.330 e. The topological polar surface area (TPSA) is 56.0 Å². The van der Waals surface area contributed by atoms with Crippen molar-refractivity contribution < 1.29 is 0 Å². The highest BCUT2D eigenvalue weighted by Gasteiger charge is 2.20. The molecule has 6 heteroatoms. The Morgan fingerprint density at radius 1 is 1.25 bits per heavy atom. The molecule has 0 aromatic carbocycles. The van der Waals surface area contributed by atoms with Gasteiger partial charge in [0.25, 0.3) is 5.56 Å². The molecule has 0 saturated heterocycles. The lowest BCUT2D eigenvalue weighted by molar-refractivity contribution is 0.377. The standard InChI is InChI=1S/C14H23N3O2S/c1-16-9-10(13(18)17(2)14(16)19)8-15-11-4-6-12(20-3)7-5-11/h9,11-12,15H,4-8H2,1-3H3. The Hall–Kier alpha value is -1.01. The molecule has 1 heterocycles. The maximum absolute atomic E-state index is 12.0. The van der Waals surface area contributed by atoms with Gasteiger partial charge < -0.3 is 9.88 Å². The van der Waals surface area contributed by atoms with Crippen molar-refractivity contribution >= 4 is 11.8 Å². The second-order valence-corrected chi connectivity index (χ2v) is 6.64. The number of nitrogens with one attached hydrogen (secondary N) is 1. The van der Waals surface area contributed by atoms with E-state index in [-0.39, 0.29) is 11.2 Å². The van der Waals surface area contributed by atoms with Crippen LogP contribution in [0, 0.1) is 0 Å². The van der Waals surface area contributed by atoms with Gasteiger partial charge in [0.15, 0.2) is 0 Å². The van der Waals surface area contributed by atoms with Crippen molar-refractivity contribution in [2.24, 2.45) is 14.1 Å². The molecule has 1 N–H and O–H groups in total. The molecule has 0 amide bonds. The van der Waals surface area contributed by atoms with Gasteiger partial charge in [0, 0.05) is 43.7 Å². The summed E-state index contributed by atoms with van der Waals surface area (Å²) in [5.41, 5.74) is 0.180. The van der Waals surface area contributed by atoms with Crippen molar-refractivity contribution in [1.29, 1.82) is 0 Å². The van der Waals surface area contributed by atoms with Crippen LogP contribution >= 0.6 is 11.8 Å². The molecule has 20 heavy (non-hydrogen) atoms. The second-order valence-electron chi connectivity index (χ2n) is 5.50. The Bertz CT molecular complexity index is 571. The summed E-state index contributed by atoms with van der Waals surface area (Å²) >= 11 is 1.95. The molecule has 1 aliphatic rings. The zero-order valence-electron chi connectivity index (χ0n) is 12.4. The fourth-order valence-electron chi connectivity index (χ4n) is 2.76. The van der Waals surface area contributed by atoms with E-state index in [4.69, 9.17) is 0 Å². The molecule has 0 radical (unpaired) electrons. The van der Waals surface area contributed by atoms with E-state index in [1.807, 2.05) is 11.8 Å². The monoisotopic (exact) mass is 297 g/mol. The number of aryl methyl sites for hydroxylation is 1. The molecule has 0 unspecified atom stereocenters. The molecule has 0 spiro atoms. The first kappa shape index (κ1) is 15.4. The molecule has 5 nitrogen and oxygen atoms in total. The van der Waals surface area contributed by atoms with E-state index >= 15 is 0 Å². The van der Waals surface area contributed by atoms with Gasteiger partial charge in [-0.05, 0) is 31.9 Å². The van der Waals surface area contributed by atoms with Crippen molar-refractivity contribution in [3.05, 3.63) is 32.6 Å². The third-order valence-corrected chi connectivity index (χ3v) is 5.24. The van der Waals surface area contributed by atoms with E-state index in [0.717, 1.165) is 18.1 Å². The first-order chi connectivity index (χ1) is 9.52. The Morgan fingerprint density at radius 2 is 1.90 bits per heavy atom. The predicted molar refractivity (Wildman–Crippen MR) is 83.3 cm³/mol. The van der Waals surface area contributed by atoms with Gasteiger partial charge in [0.1, 0.15) is 0 Å². The summed E-state index contributed by atoms with van der Waals surface area (Å²) in [6.07, 6.45) is 8.63. The zero-order chi connectivity index (χ0) is 14.7. The molecule has 2 rings (SSSR count). The molecular formula is C14H23N3O2S. The molecular weight excluding hydrogens is 274 g/mol. The van der Waals surface area contributed by atoms with E-state index in [0.29, 0.717) is 18.2 Å². The number of hydrogen-bond acceptors (Lipinski definition) is 4. The summed E-state index contributed by atoms with van der Waals surface area (Å²) in [7, 11) is 3.20. The Kier molecular flexibility index (Phi) is 5.10. The van der Waals surface area contributed by atoms with Crippen LogP contribution in [0.25, 0.3) is 0 Å². The minimum Gasteiger partial charge on any atom is -0.310 e. The number of aromatic nitrogens is 2. The molecule has 1 aliphatic carbocycles. The smallest absolute Gasteiger partial charge is 0.310 e. The third-order valence-electron chi connectivity index (χ3n) is 4.11. The largest absolute Gasteiger partial charge is 0.330 e. The lowest BCUT2D eigenvalue weighted by Gasteiger charge is -2.28. The van der Waals surface area contributed by atoms with E-state index in [1.165, 1.54) is 29.0 Å². The first-order valence-corrected chi connectivity index (χ1v) is 8.33. The van der Waals surface area contributed by atoms with Crippen LogP contribution in [0.1, 0.15) is 31.2 Å². The Balaban J connectivity index is 1.99. The minimum absolute atomic E-state index is 0.196. The number of thioether (sulfide) groups is 1. The number of hydrogen-bond donors (Lipinski definition) is 1. The summed E-state index contributed by atoms with van der Waals surface area (Å²) in [6, 6.07) is 0.486. The van der Waals surface area contributed by atoms with E-state index in [2.05, 4.69) is 11.6 Å². The van der Waals surface area contributed by atoms with Gasteiger partial charge in [-0.15, -0.1) is 0 Å². The van der Waals surface area contributed by atoms with Gasteiger partial charge in [-0.1, -0.05) is 0 Å². The quantitative estimate of drug-likeness (QED) is 0.895. The predicted octanol–water partition coefficient (Wildman–Crippen LogP) is 0.848. The highest BCUT2D eigenvalue weighted by molar-refractivity contribution is 7.99. The van der Waals surface area contributed by atoms with Crippen molar-refractivity contribution in [2.75, 3.05) is 6.26 Å². The SMILES string of the molecule is CSC1CCC(NCc2cn(C)c(=O)n(C)c2=O)CC1. The fraction of sp³-hybridized carbons (Fsp3) is 0.714. The highest BCUT2D eigenvalue weighted by Crippen LogP contribution is 2.26.